The van der Waals surface area contributed by atoms with Gasteiger partial charge >= 0.3 is 5.97 Å². The molecule has 0 aromatic heterocycles. The van der Waals surface area contributed by atoms with Gasteiger partial charge in [-0.25, -0.2) is 0 Å². The van der Waals surface area contributed by atoms with Gasteiger partial charge in [0.05, 0.1) is 20.1 Å². The molecule has 1 unspecified atom stereocenters. The Labute approximate surface area is 147 Å². The summed E-state index contributed by atoms with van der Waals surface area (Å²) in [5, 5.41) is 6.47. The van der Waals surface area contributed by atoms with Crippen LogP contribution in [0.4, 0.5) is 0 Å². The molecule has 0 radical (unpaired) electrons. The van der Waals surface area contributed by atoms with Crippen LogP contribution in [0.2, 0.25) is 0 Å². The first kappa shape index (κ1) is 20.7. The molecule has 1 aliphatic rings. The molecule has 1 atom stereocenters. The zero-order chi connectivity index (χ0) is 17.8. The van der Waals surface area contributed by atoms with Crippen LogP contribution in [0.15, 0.2) is 4.99 Å². The lowest BCUT2D eigenvalue weighted by atomic mass is 10.0. The lowest BCUT2D eigenvalue weighted by molar-refractivity contribution is -0.140. The molecule has 2 N–H and O–H groups in total. The number of carbonyl (C=O) groups excluding carboxylic acids is 1. The van der Waals surface area contributed by atoms with Crippen molar-refractivity contribution in [1.29, 1.82) is 0 Å². The number of likely N-dealkylation sites (tertiary alicyclic amines) is 1. The molecule has 24 heavy (non-hydrogen) atoms. The lowest BCUT2D eigenvalue weighted by Gasteiger charge is -2.32. The van der Waals surface area contributed by atoms with Gasteiger partial charge in [0.2, 0.25) is 0 Å². The average molecular weight is 341 g/mol. The monoisotopic (exact) mass is 340 g/mol. The van der Waals surface area contributed by atoms with Crippen LogP contribution in [0, 0.1) is 5.92 Å². The summed E-state index contributed by atoms with van der Waals surface area (Å²) in [4.78, 5) is 18.6. The number of hydrogen-bond donors (Lipinski definition) is 2. The Hall–Kier alpha value is -1.30. The summed E-state index contributed by atoms with van der Waals surface area (Å²) in [7, 11) is 1.41. The summed E-state index contributed by atoms with van der Waals surface area (Å²) in [6.07, 6.45) is 5.64. The predicted molar refractivity (Wildman–Crippen MR) is 99.3 cm³/mol. The zero-order valence-corrected chi connectivity index (χ0v) is 15.9. The van der Waals surface area contributed by atoms with E-state index in [4.69, 9.17) is 4.99 Å². The minimum absolute atomic E-state index is 0.206. The number of methoxy groups -OCH3 is 1. The Bertz CT molecular complexity index is 377. The summed E-state index contributed by atoms with van der Waals surface area (Å²) in [5.74, 6) is 1.15. The summed E-state index contributed by atoms with van der Waals surface area (Å²) in [6, 6.07) is 0.471. The maximum absolute atomic E-state index is 11.2. The third kappa shape index (κ3) is 7.99. The number of esters is 1. The number of ether oxygens (including phenoxy) is 1. The SMILES string of the molecule is CCNC(=NCC(C(C)C)N1CCCCCC1)NCCC(=O)OC. The highest BCUT2D eigenvalue weighted by molar-refractivity contribution is 5.80. The van der Waals surface area contributed by atoms with Crippen molar-refractivity contribution in [3.8, 4) is 0 Å². The third-order valence-electron chi connectivity index (χ3n) is 4.51. The van der Waals surface area contributed by atoms with E-state index in [9.17, 15) is 4.79 Å². The van der Waals surface area contributed by atoms with Crippen LogP contribution in [0.5, 0.6) is 0 Å². The fourth-order valence-electron chi connectivity index (χ4n) is 3.09. The number of nitrogens with one attached hydrogen (secondary N) is 2. The normalized spacial score (nSPS) is 18.1. The number of carbonyl (C=O) groups is 1. The molecule has 0 aromatic carbocycles. The molecule has 0 aromatic rings. The van der Waals surface area contributed by atoms with Gasteiger partial charge < -0.3 is 15.4 Å². The fourth-order valence-corrected chi connectivity index (χ4v) is 3.09. The lowest BCUT2D eigenvalue weighted by Crippen LogP contribution is -2.44. The topological polar surface area (TPSA) is 66.0 Å². The smallest absolute Gasteiger partial charge is 0.307 e. The van der Waals surface area contributed by atoms with Gasteiger partial charge in [-0.1, -0.05) is 26.7 Å². The van der Waals surface area contributed by atoms with Gasteiger partial charge in [0.25, 0.3) is 0 Å². The Balaban J connectivity index is 2.59. The maximum atomic E-state index is 11.2. The Morgan fingerprint density at radius 2 is 1.83 bits per heavy atom. The van der Waals surface area contributed by atoms with Gasteiger partial charge in [0.15, 0.2) is 5.96 Å². The second-order valence-electron chi connectivity index (χ2n) is 6.73. The number of hydrogen-bond acceptors (Lipinski definition) is 4. The van der Waals surface area contributed by atoms with E-state index in [0.717, 1.165) is 19.0 Å². The second kappa shape index (κ2) is 12.1. The van der Waals surface area contributed by atoms with E-state index in [-0.39, 0.29) is 5.97 Å². The molecule has 140 valence electrons. The molecule has 6 nitrogen and oxygen atoms in total. The predicted octanol–water partition coefficient (Wildman–Crippen LogP) is 2.01. The van der Waals surface area contributed by atoms with Crippen LogP contribution in [-0.2, 0) is 9.53 Å². The van der Waals surface area contributed by atoms with Crippen molar-refractivity contribution in [2.45, 2.75) is 58.9 Å². The van der Waals surface area contributed by atoms with E-state index < -0.39 is 0 Å². The molecule has 0 spiro atoms. The van der Waals surface area contributed by atoms with Crippen molar-refractivity contribution < 1.29 is 9.53 Å². The van der Waals surface area contributed by atoms with E-state index in [0.29, 0.717) is 24.9 Å². The first-order valence-electron chi connectivity index (χ1n) is 9.41. The van der Waals surface area contributed by atoms with Crippen LogP contribution < -0.4 is 10.6 Å². The molecule has 0 saturated carbocycles. The number of rotatable bonds is 8. The number of guanidine groups is 1. The fraction of sp³-hybridized carbons (Fsp3) is 0.889. The van der Waals surface area contributed by atoms with E-state index in [2.05, 4.69) is 34.1 Å². The molecule has 0 aliphatic carbocycles. The van der Waals surface area contributed by atoms with Crippen LogP contribution in [0.1, 0.15) is 52.9 Å². The van der Waals surface area contributed by atoms with Crippen molar-refractivity contribution >= 4 is 11.9 Å². The van der Waals surface area contributed by atoms with Crippen LogP contribution in [0.3, 0.4) is 0 Å². The standard InChI is InChI=1S/C18H36N4O2/c1-5-19-18(20-11-10-17(23)24-4)21-14-16(15(2)3)22-12-8-6-7-9-13-22/h15-16H,5-14H2,1-4H3,(H2,19,20,21). The van der Waals surface area contributed by atoms with Gasteiger partial charge in [-0.3, -0.25) is 14.7 Å². The molecule has 1 fully saturated rings. The molecule has 0 amide bonds. The molecule has 1 aliphatic heterocycles. The highest BCUT2D eigenvalue weighted by Gasteiger charge is 2.22. The van der Waals surface area contributed by atoms with Crippen LogP contribution >= 0.6 is 0 Å². The highest BCUT2D eigenvalue weighted by atomic mass is 16.5. The molecule has 1 rings (SSSR count). The summed E-state index contributed by atoms with van der Waals surface area (Å²) in [6.45, 7) is 11.1. The van der Waals surface area contributed by atoms with Crippen molar-refractivity contribution in [3.05, 3.63) is 0 Å². The van der Waals surface area contributed by atoms with E-state index in [1.165, 1.54) is 45.9 Å². The summed E-state index contributed by atoms with van der Waals surface area (Å²) in [5.41, 5.74) is 0. The average Bonchev–Trinajstić information content (AvgIpc) is 2.83. The molecular weight excluding hydrogens is 304 g/mol. The van der Waals surface area contributed by atoms with Crippen molar-refractivity contribution in [2.24, 2.45) is 10.9 Å². The Kier molecular flexibility index (Phi) is 10.5. The molecule has 1 heterocycles. The Morgan fingerprint density at radius 3 is 2.38 bits per heavy atom. The first-order chi connectivity index (χ1) is 11.6. The van der Waals surface area contributed by atoms with Crippen LogP contribution in [0.25, 0.3) is 0 Å². The quantitative estimate of drug-likeness (QED) is 0.402. The van der Waals surface area contributed by atoms with Crippen LogP contribution in [-0.4, -0.2) is 62.7 Å². The minimum atomic E-state index is -0.206. The summed E-state index contributed by atoms with van der Waals surface area (Å²) < 4.78 is 4.67. The minimum Gasteiger partial charge on any atom is -0.469 e. The largest absolute Gasteiger partial charge is 0.469 e. The molecule has 6 heteroatoms. The Morgan fingerprint density at radius 1 is 1.17 bits per heavy atom. The molecule has 1 saturated heterocycles. The number of nitrogens with zero attached hydrogens (tertiary/aromatic N) is 2. The van der Waals surface area contributed by atoms with Gasteiger partial charge in [-0.15, -0.1) is 0 Å². The summed E-state index contributed by atoms with van der Waals surface area (Å²) >= 11 is 0. The second-order valence-corrected chi connectivity index (χ2v) is 6.73. The zero-order valence-electron chi connectivity index (χ0n) is 15.9. The maximum Gasteiger partial charge on any atom is 0.307 e. The highest BCUT2D eigenvalue weighted by Crippen LogP contribution is 2.17. The van der Waals surface area contributed by atoms with E-state index >= 15 is 0 Å². The molecule has 0 bridgehead atoms. The van der Waals surface area contributed by atoms with Gasteiger partial charge in [0.1, 0.15) is 0 Å². The van der Waals surface area contributed by atoms with Crippen molar-refractivity contribution in [1.82, 2.24) is 15.5 Å². The van der Waals surface area contributed by atoms with Gasteiger partial charge in [-0.2, -0.15) is 0 Å². The van der Waals surface area contributed by atoms with Gasteiger partial charge in [0, 0.05) is 19.1 Å². The molecular formula is C18H36N4O2. The third-order valence-corrected chi connectivity index (χ3v) is 4.51. The van der Waals surface area contributed by atoms with Crippen molar-refractivity contribution in [3.63, 3.8) is 0 Å². The van der Waals surface area contributed by atoms with E-state index in [1.807, 2.05) is 6.92 Å². The van der Waals surface area contributed by atoms with Gasteiger partial charge in [-0.05, 0) is 38.8 Å². The van der Waals surface area contributed by atoms with E-state index in [1.54, 1.807) is 0 Å². The number of aliphatic imine (C=N–C) groups is 1. The first-order valence-corrected chi connectivity index (χ1v) is 9.41. The van der Waals surface area contributed by atoms with Crippen molar-refractivity contribution in [2.75, 3.05) is 39.8 Å².